The van der Waals surface area contributed by atoms with Gasteiger partial charge in [0.2, 0.25) is 11.8 Å². The molecule has 2 amide bonds. The maximum atomic E-state index is 12.9. The van der Waals surface area contributed by atoms with Gasteiger partial charge in [0.15, 0.2) is 0 Å². The summed E-state index contributed by atoms with van der Waals surface area (Å²) in [4.78, 5) is 35.5. The minimum atomic E-state index is -0.212. The first-order chi connectivity index (χ1) is 13.6. The Morgan fingerprint density at radius 1 is 1.21 bits per heavy atom. The highest BCUT2D eigenvalue weighted by molar-refractivity contribution is 5.94. The number of pyridine rings is 2. The van der Waals surface area contributed by atoms with Crippen molar-refractivity contribution in [2.75, 3.05) is 20.7 Å². The summed E-state index contributed by atoms with van der Waals surface area (Å²) in [6.45, 7) is 0.607. The van der Waals surface area contributed by atoms with Gasteiger partial charge in [0.1, 0.15) is 0 Å². The molecule has 28 heavy (non-hydrogen) atoms. The minimum absolute atomic E-state index is 0.0755. The average molecular weight is 382 g/mol. The monoisotopic (exact) mass is 382 g/mol. The Hall–Kier alpha value is -2.96. The number of nitrogens with one attached hydrogen (secondary N) is 1. The van der Waals surface area contributed by atoms with Crippen LogP contribution in [0.15, 0.2) is 42.7 Å². The van der Waals surface area contributed by atoms with Gasteiger partial charge in [-0.25, -0.2) is 4.98 Å². The second-order valence-electron chi connectivity index (χ2n) is 7.04. The number of nitrogens with zero attached hydrogens (tertiary/aromatic N) is 3. The molecule has 2 heterocycles. The zero-order valence-corrected chi connectivity index (χ0v) is 16.3. The van der Waals surface area contributed by atoms with E-state index in [9.17, 15) is 9.59 Å². The van der Waals surface area contributed by atoms with Crippen LogP contribution in [-0.2, 0) is 11.2 Å². The molecule has 0 radical (unpaired) electrons. The quantitative estimate of drug-likeness (QED) is 0.793. The average Bonchev–Trinajstić information content (AvgIpc) is 3.20. The summed E-state index contributed by atoms with van der Waals surface area (Å²) < 4.78 is 5.01. The maximum Gasteiger partial charge on any atom is 0.253 e. The molecule has 1 aliphatic carbocycles. The van der Waals surface area contributed by atoms with E-state index in [0.717, 1.165) is 25.0 Å². The van der Waals surface area contributed by atoms with Gasteiger partial charge in [0.05, 0.1) is 18.6 Å². The number of methoxy groups -OCH3 is 1. The highest BCUT2D eigenvalue weighted by Gasteiger charge is 2.35. The van der Waals surface area contributed by atoms with Crippen LogP contribution in [0.2, 0.25) is 0 Å². The normalized spacial score (nSPS) is 18.5. The summed E-state index contributed by atoms with van der Waals surface area (Å²) in [5, 5.41) is 3.01. The molecule has 1 aliphatic rings. The molecule has 7 nitrogen and oxygen atoms in total. The molecule has 1 saturated carbocycles. The van der Waals surface area contributed by atoms with Gasteiger partial charge in [-0.05, 0) is 31.0 Å². The van der Waals surface area contributed by atoms with Gasteiger partial charge in [0.25, 0.3) is 5.91 Å². The van der Waals surface area contributed by atoms with Gasteiger partial charge in [-0.15, -0.1) is 0 Å². The Kier molecular flexibility index (Phi) is 6.57. The van der Waals surface area contributed by atoms with Crippen molar-refractivity contribution in [3.8, 4) is 5.88 Å². The van der Waals surface area contributed by atoms with Crippen LogP contribution in [0.1, 0.15) is 35.3 Å². The van der Waals surface area contributed by atoms with Crippen LogP contribution in [0.3, 0.4) is 0 Å². The Balaban J connectivity index is 1.56. The SMILES string of the molecule is COc1ccc(C(=O)N[C@@H]2CCC[C@@H]2C(=O)N(C)CCc2ccccn2)cn1. The molecular weight excluding hydrogens is 356 g/mol. The number of carbonyl (C=O) groups excluding carboxylic acids is 2. The van der Waals surface area contributed by atoms with Crippen LogP contribution >= 0.6 is 0 Å². The first kappa shape index (κ1) is 19.8. The third-order valence-corrected chi connectivity index (χ3v) is 5.16. The summed E-state index contributed by atoms with van der Waals surface area (Å²) in [5.74, 6) is 0.131. The number of rotatable bonds is 7. The molecule has 1 N–H and O–H groups in total. The molecule has 0 aliphatic heterocycles. The molecule has 2 aromatic rings. The lowest BCUT2D eigenvalue weighted by molar-refractivity contribution is -0.134. The molecule has 0 saturated heterocycles. The first-order valence-electron chi connectivity index (χ1n) is 9.54. The van der Waals surface area contributed by atoms with Crippen molar-refractivity contribution < 1.29 is 14.3 Å². The van der Waals surface area contributed by atoms with Crippen molar-refractivity contribution in [3.63, 3.8) is 0 Å². The highest BCUT2D eigenvalue weighted by atomic mass is 16.5. The zero-order valence-electron chi connectivity index (χ0n) is 16.3. The van der Waals surface area contributed by atoms with Crippen molar-refractivity contribution >= 4 is 11.8 Å². The second kappa shape index (κ2) is 9.30. The lowest BCUT2D eigenvalue weighted by Crippen LogP contribution is -2.45. The van der Waals surface area contributed by atoms with E-state index in [1.54, 1.807) is 23.2 Å². The number of carbonyl (C=O) groups is 2. The van der Waals surface area contributed by atoms with E-state index in [4.69, 9.17) is 4.74 Å². The fourth-order valence-corrected chi connectivity index (χ4v) is 3.54. The zero-order chi connectivity index (χ0) is 19.9. The number of hydrogen-bond donors (Lipinski definition) is 1. The summed E-state index contributed by atoms with van der Waals surface area (Å²) >= 11 is 0. The van der Waals surface area contributed by atoms with Gasteiger partial charge >= 0.3 is 0 Å². The van der Waals surface area contributed by atoms with E-state index in [-0.39, 0.29) is 23.8 Å². The largest absolute Gasteiger partial charge is 0.481 e. The Bertz CT molecular complexity index is 795. The third-order valence-electron chi connectivity index (χ3n) is 5.16. The molecule has 1 fully saturated rings. The number of amides is 2. The summed E-state index contributed by atoms with van der Waals surface area (Å²) in [5.41, 5.74) is 1.42. The Labute approximate surface area is 165 Å². The van der Waals surface area contributed by atoms with E-state index < -0.39 is 0 Å². The van der Waals surface area contributed by atoms with Crippen LogP contribution in [0.4, 0.5) is 0 Å². The molecule has 2 atom stereocenters. The van der Waals surface area contributed by atoms with E-state index in [1.165, 1.54) is 13.3 Å². The van der Waals surface area contributed by atoms with Crippen molar-refractivity contribution in [1.82, 2.24) is 20.2 Å². The molecular formula is C21H26N4O3. The summed E-state index contributed by atoms with van der Waals surface area (Å²) in [6, 6.07) is 8.95. The summed E-state index contributed by atoms with van der Waals surface area (Å²) in [6.07, 6.45) is 6.48. The van der Waals surface area contributed by atoms with Crippen LogP contribution in [0.25, 0.3) is 0 Å². The van der Waals surface area contributed by atoms with E-state index in [1.807, 2.05) is 25.2 Å². The molecule has 0 unspecified atom stereocenters. The number of likely N-dealkylation sites (N-methyl/N-ethyl adjacent to an activating group) is 1. The molecule has 2 aromatic heterocycles. The molecule has 0 bridgehead atoms. The summed E-state index contributed by atoms with van der Waals surface area (Å²) in [7, 11) is 3.34. The lowest BCUT2D eigenvalue weighted by Gasteiger charge is -2.25. The molecule has 0 spiro atoms. The van der Waals surface area contributed by atoms with Crippen molar-refractivity contribution in [2.45, 2.75) is 31.7 Å². The van der Waals surface area contributed by atoms with Gasteiger partial charge in [-0.3, -0.25) is 14.6 Å². The van der Waals surface area contributed by atoms with E-state index in [2.05, 4.69) is 15.3 Å². The number of ether oxygens (including phenoxy) is 1. The fraction of sp³-hybridized carbons (Fsp3) is 0.429. The molecule has 148 valence electrons. The topological polar surface area (TPSA) is 84.4 Å². The lowest BCUT2D eigenvalue weighted by atomic mass is 10.0. The van der Waals surface area contributed by atoms with E-state index in [0.29, 0.717) is 24.4 Å². The van der Waals surface area contributed by atoms with Crippen LogP contribution in [0, 0.1) is 5.92 Å². The fourth-order valence-electron chi connectivity index (χ4n) is 3.54. The number of hydrogen-bond acceptors (Lipinski definition) is 5. The maximum absolute atomic E-state index is 12.9. The van der Waals surface area contributed by atoms with Crippen molar-refractivity contribution in [3.05, 3.63) is 54.0 Å². The first-order valence-corrected chi connectivity index (χ1v) is 9.54. The predicted molar refractivity (Wildman–Crippen MR) is 105 cm³/mol. The minimum Gasteiger partial charge on any atom is -0.481 e. The standard InChI is InChI=1S/C21H26N4O3/c1-25(13-11-16-6-3-4-12-22-16)21(27)17-7-5-8-18(17)24-20(26)15-9-10-19(28-2)23-14-15/h3-4,6,9-10,12,14,17-18H,5,7-8,11,13H2,1-2H3,(H,24,26)/t17-,18+/m0/s1. The third kappa shape index (κ3) is 4.85. The molecule has 7 heteroatoms. The van der Waals surface area contributed by atoms with Crippen LogP contribution in [0.5, 0.6) is 5.88 Å². The van der Waals surface area contributed by atoms with Crippen LogP contribution < -0.4 is 10.1 Å². The smallest absolute Gasteiger partial charge is 0.253 e. The van der Waals surface area contributed by atoms with Gasteiger partial charge in [0, 0.05) is 50.2 Å². The Morgan fingerprint density at radius 2 is 2.07 bits per heavy atom. The van der Waals surface area contributed by atoms with Crippen LogP contribution in [-0.4, -0.2) is 53.4 Å². The predicted octanol–water partition coefficient (Wildman–Crippen LogP) is 2.08. The van der Waals surface area contributed by atoms with Gasteiger partial charge in [-0.2, -0.15) is 0 Å². The highest BCUT2D eigenvalue weighted by Crippen LogP contribution is 2.27. The second-order valence-corrected chi connectivity index (χ2v) is 7.04. The van der Waals surface area contributed by atoms with Crippen molar-refractivity contribution in [2.24, 2.45) is 5.92 Å². The van der Waals surface area contributed by atoms with Gasteiger partial charge in [-0.1, -0.05) is 12.5 Å². The number of aromatic nitrogens is 2. The Morgan fingerprint density at radius 3 is 2.75 bits per heavy atom. The van der Waals surface area contributed by atoms with Crippen molar-refractivity contribution in [1.29, 1.82) is 0 Å². The molecule has 3 rings (SSSR count). The molecule has 0 aromatic carbocycles. The van der Waals surface area contributed by atoms with Gasteiger partial charge < -0.3 is 15.0 Å². The van der Waals surface area contributed by atoms with E-state index >= 15 is 0 Å².